The third-order valence-corrected chi connectivity index (χ3v) is 3.64. The summed E-state index contributed by atoms with van der Waals surface area (Å²) >= 11 is 5.68. The molecule has 0 bridgehead atoms. The molecule has 1 aromatic carbocycles. The van der Waals surface area contributed by atoms with E-state index in [0.29, 0.717) is 24.7 Å². The monoisotopic (exact) mass is 273 g/mol. The van der Waals surface area contributed by atoms with Crippen LogP contribution in [0.4, 0.5) is 10.1 Å². The van der Waals surface area contributed by atoms with Gasteiger partial charge in [0.05, 0.1) is 5.69 Å². The van der Waals surface area contributed by atoms with Gasteiger partial charge in [-0.1, -0.05) is 6.07 Å². The molecule has 0 saturated carbocycles. The van der Waals surface area contributed by atoms with Gasteiger partial charge in [-0.2, -0.15) is 0 Å². The van der Waals surface area contributed by atoms with E-state index in [9.17, 15) is 4.39 Å². The summed E-state index contributed by atoms with van der Waals surface area (Å²) in [5.74, 6) is 0.0678. The highest BCUT2D eigenvalue weighted by Gasteiger charge is 2.34. The van der Waals surface area contributed by atoms with Gasteiger partial charge in [0.2, 0.25) is 0 Å². The maximum atomic E-state index is 14.0. The van der Waals surface area contributed by atoms with Crippen LogP contribution in [0.1, 0.15) is 5.56 Å². The molecule has 2 unspecified atom stereocenters. The number of ether oxygens (including phenoxy) is 2. The van der Waals surface area contributed by atoms with E-state index in [1.165, 1.54) is 6.07 Å². The Morgan fingerprint density at radius 1 is 1.28 bits per heavy atom. The van der Waals surface area contributed by atoms with Crippen LogP contribution in [-0.2, 0) is 15.4 Å². The van der Waals surface area contributed by atoms with Crippen LogP contribution >= 0.6 is 11.6 Å². The predicted molar refractivity (Wildman–Crippen MR) is 69.8 cm³/mol. The van der Waals surface area contributed by atoms with Gasteiger partial charge in [0.25, 0.3) is 0 Å². The summed E-state index contributed by atoms with van der Waals surface area (Å²) < 4.78 is 24.7. The molecule has 18 heavy (non-hydrogen) atoms. The van der Waals surface area contributed by atoms with Crippen molar-refractivity contribution in [3.05, 3.63) is 29.6 Å². The summed E-state index contributed by atoms with van der Waals surface area (Å²) in [5.41, 5.74) is 1.36. The maximum Gasteiger partial charge on any atom is 0.146 e. The highest BCUT2D eigenvalue weighted by Crippen LogP contribution is 2.27. The lowest BCUT2D eigenvalue weighted by Gasteiger charge is -2.19. The highest BCUT2D eigenvalue weighted by molar-refractivity contribution is 6.17. The minimum Gasteiger partial charge on any atom is -0.377 e. The predicted octanol–water partition coefficient (Wildman–Crippen LogP) is 2.41. The van der Waals surface area contributed by atoms with Gasteiger partial charge in [-0.05, 0) is 17.7 Å². The lowest BCUT2D eigenvalue weighted by Crippen LogP contribution is -2.27. The first kappa shape index (κ1) is 13.6. The summed E-state index contributed by atoms with van der Waals surface area (Å²) in [6.45, 7) is 1.26. The van der Waals surface area contributed by atoms with Crippen molar-refractivity contribution in [2.24, 2.45) is 0 Å². The molecular formula is C13H17ClFNO2. The van der Waals surface area contributed by atoms with E-state index in [1.807, 2.05) is 11.0 Å². The van der Waals surface area contributed by atoms with E-state index >= 15 is 0 Å². The average Bonchev–Trinajstić information content (AvgIpc) is 2.81. The first-order valence-corrected chi connectivity index (χ1v) is 6.38. The first-order valence-electron chi connectivity index (χ1n) is 5.84. The number of hydrogen-bond acceptors (Lipinski definition) is 3. The van der Waals surface area contributed by atoms with Gasteiger partial charge in [0.1, 0.15) is 18.0 Å². The quantitative estimate of drug-likeness (QED) is 0.787. The Morgan fingerprint density at radius 3 is 2.33 bits per heavy atom. The summed E-state index contributed by atoms with van der Waals surface area (Å²) in [6, 6.07) is 5.08. The van der Waals surface area contributed by atoms with Gasteiger partial charge in [-0.3, -0.25) is 0 Å². The van der Waals surface area contributed by atoms with Gasteiger partial charge in [0, 0.05) is 33.2 Å². The topological polar surface area (TPSA) is 21.7 Å². The molecule has 3 nitrogen and oxygen atoms in total. The number of alkyl halides is 1. The van der Waals surface area contributed by atoms with Crippen LogP contribution in [-0.4, -0.2) is 39.5 Å². The van der Waals surface area contributed by atoms with Crippen molar-refractivity contribution in [3.63, 3.8) is 0 Å². The summed E-state index contributed by atoms with van der Waals surface area (Å²) in [6.07, 6.45) is -0.0517. The SMILES string of the molecule is COC1CN(c2ccc(CCl)cc2F)CC1OC. The fourth-order valence-corrected chi connectivity index (χ4v) is 2.45. The minimum atomic E-state index is -0.250. The summed E-state index contributed by atoms with van der Waals surface area (Å²) in [5, 5.41) is 0. The van der Waals surface area contributed by atoms with Crippen molar-refractivity contribution >= 4 is 17.3 Å². The second-order valence-electron chi connectivity index (χ2n) is 4.37. The molecule has 1 aliphatic rings. The van der Waals surface area contributed by atoms with E-state index in [-0.39, 0.29) is 18.0 Å². The third kappa shape index (κ3) is 2.60. The molecule has 0 aromatic heterocycles. The maximum absolute atomic E-state index is 14.0. The molecule has 1 aliphatic heterocycles. The van der Waals surface area contributed by atoms with Crippen LogP contribution in [0.2, 0.25) is 0 Å². The Bertz CT molecular complexity index is 404. The molecule has 1 heterocycles. The van der Waals surface area contributed by atoms with Gasteiger partial charge in [-0.25, -0.2) is 4.39 Å². The van der Waals surface area contributed by atoms with Gasteiger partial charge >= 0.3 is 0 Å². The molecule has 0 radical (unpaired) electrons. The molecule has 0 amide bonds. The Morgan fingerprint density at radius 2 is 1.89 bits per heavy atom. The average molecular weight is 274 g/mol. The highest BCUT2D eigenvalue weighted by atomic mass is 35.5. The van der Waals surface area contributed by atoms with Crippen molar-refractivity contribution < 1.29 is 13.9 Å². The fourth-order valence-electron chi connectivity index (χ4n) is 2.28. The molecule has 0 N–H and O–H groups in total. The molecule has 1 saturated heterocycles. The summed E-state index contributed by atoms with van der Waals surface area (Å²) in [7, 11) is 3.29. The van der Waals surface area contributed by atoms with Crippen molar-refractivity contribution in [1.82, 2.24) is 0 Å². The Balaban J connectivity index is 2.18. The van der Waals surface area contributed by atoms with Crippen LogP contribution in [0.15, 0.2) is 18.2 Å². The van der Waals surface area contributed by atoms with Crippen molar-refractivity contribution in [2.45, 2.75) is 18.1 Å². The molecule has 0 aliphatic carbocycles. The van der Waals surface area contributed by atoms with E-state index < -0.39 is 0 Å². The molecule has 0 spiro atoms. The largest absolute Gasteiger partial charge is 0.377 e. The zero-order chi connectivity index (χ0) is 13.1. The number of nitrogens with zero attached hydrogens (tertiary/aromatic N) is 1. The molecular weight excluding hydrogens is 257 g/mol. The van der Waals surface area contributed by atoms with Crippen molar-refractivity contribution in [1.29, 1.82) is 0 Å². The number of benzene rings is 1. The van der Waals surface area contributed by atoms with Crippen molar-refractivity contribution in [3.8, 4) is 0 Å². The van der Waals surface area contributed by atoms with E-state index in [2.05, 4.69) is 0 Å². The molecule has 5 heteroatoms. The Hall–Kier alpha value is -0.840. The smallest absolute Gasteiger partial charge is 0.146 e. The minimum absolute atomic E-state index is 0.0258. The van der Waals surface area contributed by atoms with E-state index in [0.717, 1.165) is 5.56 Å². The van der Waals surface area contributed by atoms with Crippen LogP contribution in [0.3, 0.4) is 0 Å². The molecule has 1 fully saturated rings. The van der Waals surface area contributed by atoms with Gasteiger partial charge < -0.3 is 14.4 Å². The standard InChI is InChI=1S/C13H17ClFNO2/c1-17-12-7-16(8-13(12)18-2)11-4-3-9(6-14)5-10(11)15/h3-5,12-13H,6-8H2,1-2H3. The number of halogens is 2. The van der Waals surface area contributed by atoms with E-state index in [4.69, 9.17) is 21.1 Å². The molecule has 100 valence electrons. The van der Waals surface area contributed by atoms with Crippen LogP contribution < -0.4 is 4.90 Å². The molecule has 2 atom stereocenters. The number of hydrogen-bond donors (Lipinski definition) is 0. The van der Waals surface area contributed by atoms with Crippen molar-refractivity contribution in [2.75, 3.05) is 32.2 Å². The number of methoxy groups -OCH3 is 2. The Labute approximate surface area is 111 Å². The summed E-state index contributed by atoms with van der Waals surface area (Å²) in [4.78, 5) is 1.94. The van der Waals surface area contributed by atoms with Crippen LogP contribution in [0.5, 0.6) is 0 Å². The molecule has 2 rings (SSSR count). The fraction of sp³-hybridized carbons (Fsp3) is 0.538. The zero-order valence-corrected chi connectivity index (χ0v) is 11.3. The second kappa shape index (κ2) is 5.87. The zero-order valence-electron chi connectivity index (χ0n) is 10.5. The lowest BCUT2D eigenvalue weighted by molar-refractivity contribution is -0.00461. The Kier molecular flexibility index (Phi) is 4.43. The van der Waals surface area contributed by atoms with E-state index in [1.54, 1.807) is 20.3 Å². The number of anilines is 1. The second-order valence-corrected chi connectivity index (χ2v) is 4.64. The lowest BCUT2D eigenvalue weighted by atomic mass is 10.2. The molecule has 1 aromatic rings. The third-order valence-electron chi connectivity index (χ3n) is 3.33. The van der Waals surface area contributed by atoms with Crippen LogP contribution in [0.25, 0.3) is 0 Å². The normalized spacial score (nSPS) is 23.7. The van der Waals surface area contributed by atoms with Gasteiger partial charge in [0.15, 0.2) is 0 Å². The van der Waals surface area contributed by atoms with Gasteiger partial charge in [-0.15, -0.1) is 11.6 Å². The number of rotatable bonds is 4. The first-order chi connectivity index (χ1) is 8.69. The van der Waals surface area contributed by atoms with Crippen LogP contribution in [0, 0.1) is 5.82 Å².